The van der Waals surface area contributed by atoms with E-state index in [9.17, 15) is 17.6 Å². The van der Waals surface area contributed by atoms with Crippen molar-refractivity contribution in [2.24, 2.45) is 0 Å². The second kappa shape index (κ2) is 9.03. The molecule has 27 heavy (non-hydrogen) atoms. The summed E-state index contributed by atoms with van der Waals surface area (Å²) in [4.78, 5) is 12.1. The number of carbonyl (C=O) groups excluding carboxylic acids is 1. The van der Waals surface area contributed by atoms with Gasteiger partial charge < -0.3 is 5.32 Å². The van der Waals surface area contributed by atoms with Crippen LogP contribution in [0.1, 0.15) is 18.4 Å². The van der Waals surface area contributed by atoms with Crippen molar-refractivity contribution in [3.63, 3.8) is 0 Å². The molecule has 146 valence electrons. The van der Waals surface area contributed by atoms with E-state index in [1.807, 2.05) is 0 Å². The average molecular weight is 478 g/mol. The van der Waals surface area contributed by atoms with Crippen LogP contribution in [0.3, 0.4) is 0 Å². The van der Waals surface area contributed by atoms with Gasteiger partial charge in [-0.15, -0.1) is 0 Å². The smallest absolute Gasteiger partial charge is 0.232 e. The van der Waals surface area contributed by atoms with Crippen molar-refractivity contribution in [2.75, 3.05) is 22.4 Å². The summed E-state index contributed by atoms with van der Waals surface area (Å²) in [6.07, 6.45) is 1.41. The van der Waals surface area contributed by atoms with E-state index in [1.165, 1.54) is 16.4 Å². The Labute approximate surface area is 171 Å². The second-order valence-corrected chi connectivity index (χ2v) is 9.30. The van der Waals surface area contributed by atoms with Crippen molar-refractivity contribution < 1.29 is 17.6 Å². The number of benzene rings is 2. The van der Waals surface area contributed by atoms with Gasteiger partial charge in [0.05, 0.1) is 17.6 Å². The van der Waals surface area contributed by atoms with Gasteiger partial charge in [0.25, 0.3) is 0 Å². The van der Waals surface area contributed by atoms with Crippen molar-refractivity contribution in [2.45, 2.75) is 19.8 Å². The quantitative estimate of drug-likeness (QED) is 0.627. The predicted octanol–water partition coefficient (Wildman–Crippen LogP) is 4.73. The van der Waals surface area contributed by atoms with E-state index in [0.717, 1.165) is 11.8 Å². The zero-order chi connectivity index (χ0) is 20.2. The molecule has 0 aliphatic rings. The molecule has 0 saturated carbocycles. The lowest BCUT2D eigenvalue weighted by Gasteiger charge is -2.24. The number of hydrogen-bond donors (Lipinski definition) is 1. The summed E-state index contributed by atoms with van der Waals surface area (Å²) in [5.41, 5.74) is 1.31. The number of carbonyl (C=O) groups is 1. The minimum Gasteiger partial charge on any atom is -0.324 e. The molecule has 0 fully saturated rings. The first-order chi connectivity index (χ1) is 12.6. The zero-order valence-corrected chi connectivity index (χ0v) is 18.0. The molecule has 0 radical (unpaired) electrons. The molecule has 0 aliphatic carbocycles. The highest BCUT2D eigenvalue weighted by Crippen LogP contribution is 2.27. The van der Waals surface area contributed by atoms with Gasteiger partial charge in [0.2, 0.25) is 15.9 Å². The minimum atomic E-state index is -3.55. The molecule has 0 unspecified atom stereocenters. The van der Waals surface area contributed by atoms with E-state index in [-0.39, 0.29) is 25.1 Å². The van der Waals surface area contributed by atoms with Crippen molar-refractivity contribution in [3.05, 3.63) is 57.3 Å². The fraction of sp³-hybridized carbons (Fsp3) is 0.278. The van der Waals surface area contributed by atoms with E-state index < -0.39 is 21.7 Å². The molecule has 2 rings (SSSR count). The third-order valence-corrected chi connectivity index (χ3v) is 5.72. The monoisotopic (exact) mass is 476 g/mol. The van der Waals surface area contributed by atoms with Gasteiger partial charge in [-0.25, -0.2) is 12.8 Å². The maximum Gasteiger partial charge on any atom is 0.232 e. The van der Waals surface area contributed by atoms with E-state index in [2.05, 4.69) is 21.2 Å². The molecule has 0 atom stereocenters. The number of aryl methyl sites for hydroxylation is 1. The number of amides is 1. The number of anilines is 2. The Kier molecular flexibility index (Phi) is 7.25. The van der Waals surface area contributed by atoms with Crippen LogP contribution in [0.4, 0.5) is 15.8 Å². The summed E-state index contributed by atoms with van der Waals surface area (Å²) in [7, 11) is -3.55. The molecule has 0 heterocycles. The minimum absolute atomic E-state index is 0.0428. The first-order valence-electron chi connectivity index (χ1n) is 8.06. The van der Waals surface area contributed by atoms with Crippen LogP contribution in [0.2, 0.25) is 5.02 Å². The Hall–Kier alpha value is -1.64. The summed E-state index contributed by atoms with van der Waals surface area (Å²) < 4.78 is 39.9. The van der Waals surface area contributed by atoms with Gasteiger partial charge in [-0.1, -0.05) is 33.6 Å². The molecule has 5 nitrogen and oxygen atoms in total. The maximum atomic E-state index is 13.8. The molecule has 1 amide bonds. The highest BCUT2D eigenvalue weighted by molar-refractivity contribution is 9.10. The maximum absolute atomic E-state index is 13.8. The predicted molar refractivity (Wildman–Crippen MR) is 110 cm³/mol. The third-order valence-electron chi connectivity index (χ3n) is 3.81. The SMILES string of the molecule is Cc1ccc(Cl)cc1N(CCCC(=O)Nc1ccc(Br)cc1F)S(C)(=O)=O. The number of nitrogens with one attached hydrogen (secondary N) is 1. The van der Waals surface area contributed by atoms with E-state index in [1.54, 1.807) is 31.2 Å². The fourth-order valence-electron chi connectivity index (χ4n) is 2.50. The number of rotatable bonds is 7. The van der Waals surface area contributed by atoms with Gasteiger partial charge in [-0.05, 0) is 49.2 Å². The molecular weight excluding hydrogens is 459 g/mol. The number of sulfonamides is 1. The summed E-state index contributed by atoms with van der Waals surface area (Å²) in [5, 5.41) is 2.91. The van der Waals surface area contributed by atoms with Gasteiger partial charge in [0.15, 0.2) is 0 Å². The summed E-state index contributed by atoms with van der Waals surface area (Å²) in [6, 6.07) is 9.32. The lowest BCUT2D eigenvalue weighted by Crippen LogP contribution is -2.32. The fourth-order valence-corrected chi connectivity index (χ4v) is 4.02. The summed E-state index contributed by atoms with van der Waals surface area (Å²) in [6.45, 7) is 1.89. The highest BCUT2D eigenvalue weighted by Gasteiger charge is 2.20. The molecule has 9 heteroatoms. The van der Waals surface area contributed by atoms with Crippen molar-refractivity contribution in [1.82, 2.24) is 0 Å². The number of nitrogens with zero attached hydrogens (tertiary/aromatic N) is 1. The molecule has 2 aromatic carbocycles. The van der Waals surface area contributed by atoms with E-state index in [4.69, 9.17) is 11.6 Å². The summed E-state index contributed by atoms with van der Waals surface area (Å²) in [5.74, 6) is -0.947. The van der Waals surface area contributed by atoms with Gasteiger partial charge in [-0.2, -0.15) is 0 Å². The van der Waals surface area contributed by atoms with Crippen LogP contribution in [0.5, 0.6) is 0 Å². The van der Waals surface area contributed by atoms with Crippen molar-refractivity contribution in [1.29, 1.82) is 0 Å². The first-order valence-corrected chi connectivity index (χ1v) is 11.1. The Morgan fingerprint density at radius 2 is 1.96 bits per heavy atom. The van der Waals surface area contributed by atoms with Crippen LogP contribution in [0, 0.1) is 12.7 Å². The van der Waals surface area contributed by atoms with E-state index >= 15 is 0 Å². The van der Waals surface area contributed by atoms with Crippen molar-refractivity contribution in [3.8, 4) is 0 Å². The molecule has 0 bridgehead atoms. The third kappa shape index (κ3) is 6.19. The van der Waals surface area contributed by atoms with Gasteiger partial charge in [0.1, 0.15) is 5.82 Å². The highest BCUT2D eigenvalue weighted by atomic mass is 79.9. The Morgan fingerprint density at radius 1 is 1.26 bits per heavy atom. The van der Waals surface area contributed by atoms with Crippen LogP contribution < -0.4 is 9.62 Å². The molecule has 0 spiro atoms. The first kappa shape index (κ1) is 21.7. The van der Waals surface area contributed by atoms with Crippen LogP contribution in [0.15, 0.2) is 40.9 Å². The molecule has 0 aliphatic heterocycles. The molecule has 0 aromatic heterocycles. The van der Waals surface area contributed by atoms with Gasteiger partial charge in [-0.3, -0.25) is 9.10 Å². The second-order valence-electron chi connectivity index (χ2n) is 6.04. The standard InChI is InChI=1S/C18H19BrClFN2O3S/c1-12-5-7-14(20)11-17(12)23(27(2,25)26)9-3-4-18(24)22-16-8-6-13(19)10-15(16)21/h5-8,10-11H,3-4,9H2,1-2H3,(H,22,24). The van der Waals surface area contributed by atoms with Crippen LogP contribution in [0.25, 0.3) is 0 Å². The van der Waals surface area contributed by atoms with E-state index in [0.29, 0.717) is 15.2 Å². The largest absolute Gasteiger partial charge is 0.324 e. The lowest BCUT2D eigenvalue weighted by atomic mass is 10.2. The van der Waals surface area contributed by atoms with Crippen LogP contribution in [-0.4, -0.2) is 27.1 Å². The Morgan fingerprint density at radius 3 is 2.59 bits per heavy atom. The summed E-state index contributed by atoms with van der Waals surface area (Å²) >= 11 is 9.13. The van der Waals surface area contributed by atoms with Crippen LogP contribution >= 0.6 is 27.5 Å². The Bertz CT molecular complexity index is 954. The number of hydrogen-bond acceptors (Lipinski definition) is 3. The normalized spacial score (nSPS) is 11.3. The Balaban J connectivity index is 2.03. The molecule has 0 saturated heterocycles. The zero-order valence-electron chi connectivity index (χ0n) is 14.8. The van der Waals surface area contributed by atoms with Gasteiger partial charge in [0, 0.05) is 22.5 Å². The number of halogens is 3. The lowest BCUT2D eigenvalue weighted by molar-refractivity contribution is -0.116. The molecule has 1 N–H and O–H groups in total. The van der Waals surface area contributed by atoms with Crippen LogP contribution in [-0.2, 0) is 14.8 Å². The average Bonchev–Trinajstić information content (AvgIpc) is 2.56. The molecular formula is C18H19BrClFN2O3S. The van der Waals surface area contributed by atoms with Crippen molar-refractivity contribution >= 4 is 54.8 Å². The topological polar surface area (TPSA) is 66.5 Å². The van der Waals surface area contributed by atoms with Gasteiger partial charge >= 0.3 is 0 Å². The molecule has 2 aromatic rings.